The summed E-state index contributed by atoms with van der Waals surface area (Å²) in [6.45, 7) is 0.414. The number of aromatic nitrogens is 1. The maximum atomic E-state index is 12.8. The number of benzene rings is 1. The highest BCUT2D eigenvalue weighted by Gasteiger charge is 2.26. The van der Waals surface area contributed by atoms with E-state index in [9.17, 15) is 9.59 Å². The molecule has 1 aromatic carbocycles. The van der Waals surface area contributed by atoms with E-state index < -0.39 is 0 Å². The second-order valence-corrected chi connectivity index (χ2v) is 6.74. The van der Waals surface area contributed by atoms with E-state index in [1.54, 1.807) is 40.3 Å². The molecule has 0 spiro atoms. The van der Waals surface area contributed by atoms with Gasteiger partial charge in [-0.15, -0.1) is 11.8 Å². The van der Waals surface area contributed by atoms with Crippen LogP contribution in [0.2, 0.25) is 5.02 Å². The van der Waals surface area contributed by atoms with E-state index in [-0.39, 0.29) is 18.4 Å². The minimum absolute atomic E-state index is 0.00208. The molecule has 1 aliphatic rings. The van der Waals surface area contributed by atoms with E-state index in [0.717, 1.165) is 11.4 Å². The van der Waals surface area contributed by atoms with Crippen molar-refractivity contribution in [2.24, 2.45) is 0 Å². The number of thioether (sulfide) groups is 1. The van der Waals surface area contributed by atoms with Crippen molar-refractivity contribution in [3.63, 3.8) is 0 Å². The van der Waals surface area contributed by atoms with Crippen LogP contribution >= 0.6 is 23.4 Å². The number of hydrogen-bond donors (Lipinski definition) is 0. The van der Waals surface area contributed by atoms with Crippen molar-refractivity contribution < 1.29 is 9.59 Å². The fourth-order valence-corrected chi connectivity index (χ4v) is 3.42. The number of amides is 2. The molecule has 0 radical (unpaired) electrons. The number of nitrogens with zero attached hydrogens (tertiary/aromatic N) is 3. The van der Waals surface area contributed by atoms with Gasteiger partial charge in [0.1, 0.15) is 6.54 Å². The number of pyridine rings is 1. The summed E-state index contributed by atoms with van der Waals surface area (Å²) in [5.41, 5.74) is 1.51. The Bertz CT molecular complexity index is 724. The molecule has 0 aliphatic carbocycles. The van der Waals surface area contributed by atoms with E-state index >= 15 is 0 Å². The van der Waals surface area contributed by atoms with Crippen molar-refractivity contribution in [2.75, 3.05) is 23.1 Å². The van der Waals surface area contributed by atoms with Crippen LogP contribution in [0.4, 0.5) is 5.69 Å². The van der Waals surface area contributed by atoms with E-state index in [0.29, 0.717) is 23.2 Å². The molecule has 0 atom stereocenters. The molecule has 0 unspecified atom stereocenters. The molecule has 24 heavy (non-hydrogen) atoms. The number of rotatable bonds is 5. The van der Waals surface area contributed by atoms with Crippen LogP contribution in [0, 0.1) is 0 Å². The van der Waals surface area contributed by atoms with Gasteiger partial charge >= 0.3 is 0 Å². The number of anilines is 1. The molecule has 2 amide bonds. The summed E-state index contributed by atoms with van der Waals surface area (Å²) >= 11 is 7.46. The molecule has 7 heteroatoms. The highest BCUT2D eigenvalue weighted by molar-refractivity contribution is 8.00. The molecule has 1 aromatic heterocycles. The number of carbonyl (C=O) groups excluding carboxylic acids is 2. The Balaban J connectivity index is 1.82. The molecule has 2 aromatic rings. The molecule has 0 saturated carbocycles. The Morgan fingerprint density at radius 2 is 2.04 bits per heavy atom. The summed E-state index contributed by atoms with van der Waals surface area (Å²) in [6.07, 6.45) is 1.69. The average Bonchev–Trinajstić information content (AvgIpc) is 2.99. The second kappa shape index (κ2) is 7.68. The molecule has 3 rings (SSSR count). The van der Waals surface area contributed by atoms with Gasteiger partial charge in [0.15, 0.2) is 0 Å². The Morgan fingerprint density at radius 3 is 2.67 bits per heavy atom. The summed E-state index contributed by atoms with van der Waals surface area (Å²) in [4.78, 5) is 32.1. The first-order chi connectivity index (χ1) is 11.6. The lowest BCUT2D eigenvalue weighted by molar-refractivity contribution is -0.131. The zero-order chi connectivity index (χ0) is 16.9. The number of hydrogen-bond acceptors (Lipinski definition) is 4. The Kier molecular flexibility index (Phi) is 5.37. The predicted molar refractivity (Wildman–Crippen MR) is 95.9 cm³/mol. The molecule has 0 bridgehead atoms. The molecular formula is C17H16ClN3O2S. The third-order valence-corrected chi connectivity index (χ3v) is 4.83. The van der Waals surface area contributed by atoms with Gasteiger partial charge in [-0.3, -0.25) is 14.6 Å². The van der Waals surface area contributed by atoms with Crippen molar-refractivity contribution in [2.45, 2.75) is 6.54 Å². The zero-order valence-electron chi connectivity index (χ0n) is 12.9. The van der Waals surface area contributed by atoms with E-state index in [1.807, 2.05) is 18.2 Å². The van der Waals surface area contributed by atoms with Crippen LogP contribution in [0.15, 0.2) is 48.7 Å². The van der Waals surface area contributed by atoms with Gasteiger partial charge in [0.25, 0.3) is 0 Å². The predicted octanol–water partition coefficient (Wildman–Crippen LogP) is 2.80. The normalized spacial score (nSPS) is 14.0. The Morgan fingerprint density at radius 1 is 1.25 bits per heavy atom. The maximum absolute atomic E-state index is 12.8. The minimum Gasteiger partial charge on any atom is -0.323 e. The molecule has 2 heterocycles. The highest BCUT2D eigenvalue weighted by atomic mass is 35.5. The van der Waals surface area contributed by atoms with Gasteiger partial charge in [-0.2, -0.15) is 0 Å². The second-order valence-electron chi connectivity index (χ2n) is 5.35. The van der Waals surface area contributed by atoms with Gasteiger partial charge in [-0.25, -0.2) is 0 Å². The molecular weight excluding hydrogens is 346 g/mol. The summed E-state index contributed by atoms with van der Waals surface area (Å²) in [7, 11) is 0. The van der Waals surface area contributed by atoms with Crippen LogP contribution < -0.4 is 4.90 Å². The first kappa shape index (κ1) is 16.8. The molecule has 5 nitrogen and oxygen atoms in total. The van der Waals surface area contributed by atoms with Gasteiger partial charge in [0.2, 0.25) is 11.8 Å². The Hall–Kier alpha value is -2.05. The first-order valence-corrected chi connectivity index (χ1v) is 8.98. The van der Waals surface area contributed by atoms with Crippen LogP contribution in [0.3, 0.4) is 0 Å². The molecule has 1 fully saturated rings. The lowest BCUT2D eigenvalue weighted by Crippen LogP contribution is -2.41. The van der Waals surface area contributed by atoms with Crippen LogP contribution in [0.25, 0.3) is 0 Å². The zero-order valence-corrected chi connectivity index (χ0v) is 14.5. The SMILES string of the molecule is O=C1CSCN1CC(=O)N(Cc1ccccn1)c1ccc(Cl)cc1. The standard InChI is InChI=1S/C17H16ClN3O2S/c18-13-4-6-15(7-5-13)21(9-14-3-1-2-8-19-14)16(22)10-20-12-24-11-17(20)23/h1-8H,9-12H2. The van der Waals surface area contributed by atoms with Crippen LogP contribution in [0.1, 0.15) is 5.69 Å². The summed E-state index contributed by atoms with van der Waals surface area (Å²) < 4.78 is 0. The topological polar surface area (TPSA) is 53.5 Å². The smallest absolute Gasteiger partial charge is 0.247 e. The third-order valence-electron chi connectivity index (χ3n) is 3.64. The lowest BCUT2D eigenvalue weighted by atomic mass is 10.2. The largest absolute Gasteiger partial charge is 0.323 e. The molecule has 1 saturated heterocycles. The van der Waals surface area contributed by atoms with Crippen LogP contribution in [0.5, 0.6) is 0 Å². The van der Waals surface area contributed by atoms with E-state index in [1.165, 1.54) is 11.8 Å². The minimum atomic E-state index is -0.140. The summed E-state index contributed by atoms with van der Waals surface area (Å²) in [5, 5.41) is 0.607. The fraction of sp³-hybridized carbons (Fsp3) is 0.235. The van der Waals surface area contributed by atoms with Crippen LogP contribution in [-0.4, -0.2) is 39.9 Å². The summed E-state index contributed by atoms with van der Waals surface area (Å²) in [5.74, 6) is 0.859. The van der Waals surface area contributed by atoms with E-state index in [4.69, 9.17) is 11.6 Å². The average molecular weight is 362 g/mol. The van der Waals surface area contributed by atoms with Crippen LogP contribution in [-0.2, 0) is 16.1 Å². The quantitative estimate of drug-likeness (QED) is 0.821. The van der Waals surface area contributed by atoms with Crippen molar-refractivity contribution in [1.82, 2.24) is 9.88 Å². The fourth-order valence-electron chi connectivity index (χ4n) is 2.39. The van der Waals surface area contributed by atoms with Gasteiger partial charge in [-0.05, 0) is 36.4 Å². The molecule has 1 aliphatic heterocycles. The lowest BCUT2D eigenvalue weighted by Gasteiger charge is -2.25. The van der Waals surface area contributed by atoms with Gasteiger partial charge in [0.05, 0.1) is 23.9 Å². The first-order valence-electron chi connectivity index (χ1n) is 7.45. The monoisotopic (exact) mass is 361 g/mol. The van der Waals surface area contributed by atoms with Gasteiger partial charge < -0.3 is 9.80 Å². The summed E-state index contributed by atoms with van der Waals surface area (Å²) in [6, 6.07) is 12.7. The maximum Gasteiger partial charge on any atom is 0.247 e. The van der Waals surface area contributed by atoms with Crippen molar-refractivity contribution in [1.29, 1.82) is 0 Å². The van der Waals surface area contributed by atoms with Crippen molar-refractivity contribution in [3.05, 3.63) is 59.4 Å². The molecule has 0 N–H and O–H groups in total. The third kappa shape index (κ3) is 4.07. The van der Waals surface area contributed by atoms with Gasteiger partial charge in [0, 0.05) is 16.9 Å². The number of halogens is 1. The van der Waals surface area contributed by atoms with Gasteiger partial charge in [-0.1, -0.05) is 17.7 Å². The highest BCUT2D eigenvalue weighted by Crippen LogP contribution is 2.21. The van der Waals surface area contributed by atoms with Crippen molar-refractivity contribution >= 4 is 40.9 Å². The van der Waals surface area contributed by atoms with Crippen molar-refractivity contribution in [3.8, 4) is 0 Å². The van der Waals surface area contributed by atoms with E-state index in [2.05, 4.69) is 4.98 Å². The Labute approximate surface area is 149 Å². The number of carbonyl (C=O) groups is 2. The molecule has 124 valence electrons.